The van der Waals surface area contributed by atoms with E-state index in [1.54, 1.807) is 7.11 Å². The van der Waals surface area contributed by atoms with E-state index < -0.39 is 11.7 Å². The van der Waals surface area contributed by atoms with Gasteiger partial charge in [-0.15, -0.1) is 0 Å². The van der Waals surface area contributed by atoms with E-state index in [4.69, 9.17) is 4.74 Å². The van der Waals surface area contributed by atoms with Crippen molar-refractivity contribution in [2.45, 2.75) is 27.7 Å². The maximum atomic E-state index is 11.3. The molecular formula is C13H17NO3. The van der Waals surface area contributed by atoms with Crippen molar-refractivity contribution < 1.29 is 14.3 Å². The summed E-state index contributed by atoms with van der Waals surface area (Å²) < 4.78 is 5.28. The maximum Gasteiger partial charge on any atom is 0.291 e. The Hall–Kier alpha value is -1.84. The van der Waals surface area contributed by atoms with Crippen LogP contribution in [0.15, 0.2) is 6.07 Å². The lowest BCUT2D eigenvalue weighted by Crippen LogP contribution is -2.20. The van der Waals surface area contributed by atoms with E-state index in [1.807, 2.05) is 26.8 Å². The van der Waals surface area contributed by atoms with Gasteiger partial charge in [0.1, 0.15) is 5.75 Å². The van der Waals surface area contributed by atoms with Crippen molar-refractivity contribution in [2.24, 2.45) is 0 Å². The molecule has 1 N–H and O–H groups in total. The molecule has 0 bridgehead atoms. The topological polar surface area (TPSA) is 55.4 Å². The highest BCUT2D eigenvalue weighted by Gasteiger charge is 2.14. The summed E-state index contributed by atoms with van der Waals surface area (Å²) in [4.78, 5) is 22.3. The molecule has 0 unspecified atom stereocenters. The van der Waals surface area contributed by atoms with Gasteiger partial charge in [-0.1, -0.05) is 0 Å². The van der Waals surface area contributed by atoms with Gasteiger partial charge in [0.25, 0.3) is 5.91 Å². The Balaban J connectivity index is 3.19. The molecule has 1 rings (SSSR count). The Kier molecular flexibility index (Phi) is 3.89. The normalized spacial score (nSPS) is 9.94. The molecule has 0 saturated carbocycles. The SMILES string of the molecule is COc1c(C)cc(NC(=O)C(C)=O)c(C)c1C. The molecule has 1 aromatic carbocycles. The van der Waals surface area contributed by atoms with Crippen molar-refractivity contribution in [3.63, 3.8) is 0 Å². The van der Waals surface area contributed by atoms with Gasteiger partial charge in [-0.3, -0.25) is 9.59 Å². The van der Waals surface area contributed by atoms with Crippen molar-refractivity contribution in [3.8, 4) is 5.75 Å². The quantitative estimate of drug-likeness (QED) is 0.817. The average Bonchev–Trinajstić information content (AvgIpc) is 2.26. The number of hydrogen-bond acceptors (Lipinski definition) is 3. The van der Waals surface area contributed by atoms with E-state index in [1.165, 1.54) is 6.92 Å². The zero-order chi connectivity index (χ0) is 13.2. The van der Waals surface area contributed by atoms with Crippen LogP contribution >= 0.6 is 0 Å². The summed E-state index contributed by atoms with van der Waals surface area (Å²) in [6.45, 7) is 6.94. The summed E-state index contributed by atoms with van der Waals surface area (Å²) in [6.07, 6.45) is 0. The molecule has 0 fully saturated rings. The first kappa shape index (κ1) is 13.2. The smallest absolute Gasteiger partial charge is 0.291 e. The fourth-order valence-electron chi connectivity index (χ4n) is 1.71. The average molecular weight is 235 g/mol. The van der Waals surface area contributed by atoms with Gasteiger partial charge in [0.2, 0.25) is 5.78 Å². The second-order valence-corrected chi connectivity index (χ2v) is 4.03. The molecule has 1 aromatic rings. The molecule has 92 valence electrons. The molecule has 0 radical (unpaired) electrons. The number of ether oxygens (including phenoxy) is 1. The molecular weight excluding hydrogens is 218 g/mol. The monoisotopic (exact) mass is 235 g/mol. The molecule has 0 atom stereocenters. The van der Waals surface area contributed by atoms with Gasteiger partial charge in [-0.25, -0.2) is 0 Å². The lowest BCUT2D eigenvalue weighted by molar-refractivity contribution is -0.133. The van der Waals surface area contributed by atoms with Gasteiger partial charge in [-0.05, 0) is 43.5 Å². The van der Waals surface area contributed by atoms with Crippen LogP contribution in [0.3, 0.4) is 0 Å². The van der Waals surface area contributed by atoms with Crippen LogP contribution in [0, 0.1) is 20.8 Å². The predicted octanol–water partition coefficient (Wildman–Crippen LogP) is 2.15. The van der Waals surface area contributed by atoms with Crippen LogP contribution in [0.25, 0.3) is 0 Å². The molecule has 0 heterocycles. The van der Waals surface area contributed by atoms with Crippen molar-refractivity contribution in [1.29, 1.82) is 0 Å². The first-order valence-electron chi connectivity index (χ1n) is 5.35. The fraction of sp³-hybridized carbons (Fsp3) is 0.385. The first-order chi connectivity index (χ1) is 7.88. The van der Waals surface area contributed by atoms with Gasteiger partial charge in [0.15, 0.2) is 0 Å². The summed E-state index contributed by atoms with van der Waals surface area (Å²) in [5.74, 6) is -0.295. The molecule has 0 aliphatic carbocycles. The van der Waals surface area contributed by atoms with Crippen molar-refractivity contribution in [2.75, 3.05) is 12.4 Å². The highest BCUT2D eigenvalue weighted by molar-refractivity contribution is 6.39. The third-order valence-electron chi connectivity index (χ3n) is 2.80. The Morgan fingerprint density at radius 3 is 2.24 bits per heavy atom. The first-order valence-corrected chi connectivity index (χ1v) is 5.35. The lowest BCUT2D eigenvalue weighted by atomic mass is 10.0. The van der Waals surface area contributed by atoms with Crippen LogP contribution < -0.4 is 10.1 Å². The Morgan fingerprint density at radius 2 is 1.76 bits per heavy atom. The zero-order valence-electron chi connectivity index (χ0n) is 10.8. The van der Waals surface area contributed by atoms with Crippen LogP contribution in [0.2, 0.25) is 0 Å². The van der Waals surface area contributed by atoms with Crippen LogP contribution in [-0.4, -0.2) is 18.8 Å². The van der Waals surface area contributed by atoms with E-state index in [0.717, 1.165) is 22.4 Å². The van der Waals surface area contributed by atoms with Gasteiger partial charge in [0.05, 0.1) is 7.11 Å². The summed E-state index contributed by atoms with van der Waals surface area (Å²) in [5, 5.41) is 2.60. The van der Waals surface area contributed by atoms with E-state index in [-0.39, 0.29) is 0 Å². The molecule has 0 aliphatic heterocycles. The lowest BCUT2D eigenvalue weighted by Gasteiger charge is -2.15. The number of ketones is 1. The molecule has 0 aromatic heterocycles. The Labute approximate surface area is 101 Å². The number of Topliss-reactive ketones (excluding diaryl/α,β-unsaturated/α-hetero) is 1. The molecule has 1 amide bonds. The van der Waals surface area contributed by atoms with E-state index in [0.29, 0.717) is 5.69 Å². The summed E-state index contributed by atoms with van der Waals surface area (Å²) in [6, 6.07) is 1.81. The minimum atomic E-state index is -0.600. The number of carbonyl (C=O) groups excluding carboxylic acids is 2. The molecule has 4 heteroatoms. The highest BCUT2D eigenvalue weighted by Crippen LogP contribution is 2.31. The minimum absolute atomic E-state index is 0.504. The van der Waals surface area contributed by atoms with Crippen molar-refractivity contribution >= 4 is 17.4 Å². The van der Waals surface area contributed by atoms with Crippen molar-refractivity contribution in [3.05, 3.63) is 22.8 Å². The number of amides is 1. The highest BCUT2D eigenvalue weighted by atomic mass is 16.5. The molecule has 0 spiro atoms. The number of anilines is 1. The third-order valence-corrected chi connectivity index (χ3v) is 2.80. The molecule has 0 saturated heterocycles. The second-order valence-electron chi connectivity index (χ2n) is 4.03. The fourth-order valence-corrected chi connectivity index (χ4v) is 1.71. The largest absolute Gasteiger partial charge is 0.496 e. The Morgan fingerprint density at radius 1 is 1.18 bits per heavy atom. The van der Waals surface area contributed by atoms with Crippen molar-refractivity contribution in [1.82, 2.24) is 0 Å². The minimum Gasteiger partial charge on any atom is -0.496 e. The maximum absolute atomic E-state index is 11.3. The molecule has 4 nitrogen and oxygen atoms in total. The number of benzene rings is 1. The standard InChI is InChI=1S/C13H17NO3/c1-7-6-11(14-13(16)10(4)15)8(2)9(3)12(7)17-5/h6H,1-5H3,(H,14,16). The zero-order valence-corrected chi connectivity index (χ0v) is 10.8. The number of aryl methyl sites for hydroxylation is 1. The van der Waals surface area contributed by atoms with Gasteiger partial charge in [-0.2, -0.15) is 0 Å². The van der Waals surface area contributed by atoms with E-state index in [2.05, 4.69) is 5.32 Å². The van der Waals surface area contributed by atoms with Crippen LogP contribution in [0.5, 0.6) is 5.75 Å². The second kappa shape index (κ2) is 4.99. The Bertz CT molecular complexity index is 478. The summed E-state index contributed by atoms with van der Waals surface area (Å²) in [5.41, 5.74) is 3.45. The van der Waals surface area contributed by atoms with Gasteiger partial charge >= 0.3 is 0 Å². The van der Waals surface area contributed by atoms with E-state index in [9.17, 15) is 9.59 Å². The number of rotatable bonds is 3. The number of carbonyl (C=O) groups is 2. The van der Waals surface area contributed by atoms with Crippen LogP contribution in [0.1, 0.15) is 23.6 Å². The number of methoxy groups -OCH3 is 1. The van der Waals surface area contributed by atoms with Gasteiger partial charge < -0.3 is 10.1 Å². The molecule has 17 heavy (non-hydrogen) atoms. The summed E-state index contributed by atoms with van der Waals surface area (Å²) in [7, 11) is 1.61. The van der Waals surface area contributed by atoms with Gasteiger partial charge in [0, 0.05) is 12.6 Å². The number of nitrogens with one attached hydrogen (secondary N) is 1. The predicted molar refractivity (Wildman–Crippen MR) is 66.5 cm³/mol. The van der Waals surface area contributed by atoms with E-state index >= 15 is 0 Å². The number of hydrogen-bond donors (Lipinski definition) is 1. The summed E-state index contributed by atoms with van der Waals surface area (Å²) >= 11 is 0. The molecule has 0 aliphatic rings. The third kappa shape index (κ3) is 2.64. The van der Waals surface area contributed by atoms with Crippen LogP contribution in [0.4, 0.5) is 5.69 Å². The van der Waals surface area contributed by atoms with Crippen LogP contribution in [-0.2, 0) is 9.59 Å².